The smallest absolute Gasteiger partial charge is 0.230 e. The second-order valence-electron chi connectivity index (χ2n) is 5.20. The molecule has 1 aliphatic rings. The summed E-state index contributed by atoms with van der Waals surface area (Å²) in [6.45, 7) is 3.13. The zero-order valence-electron chi connectivity index (χ0n) is 11.0. The van der Waals surface area contributed by atoms with E-state index in [0.29, 0.717) is 13.1 Å². The lowest BCUT2D eigenvalue weighted by Gasteiger charge is -2.28. The Morgan fingerprint density at radius 2 is 2.11 bits per heavy atom. The van der Waals surface area contributed by atoms with Crippen molar-refractivity contribution >= 4 is 5.91 Å². The van der Waals surface area contributed by atoms with E-state index in [1.807, 2.05) is 6.07 Å². The first kappa shape index (κ1) is 13.1. The molecule has 0 spiro atoms. The number of hydrogen-bond donors (Lipinski definition) is 2. The van der Waals surface area contributed by atoms with Crippen LogP contribution in [0.25, 0.3) is 0 Å². The maximum absolute atomic E-state index is 12.5. The fourth-order valence-electron chi connectivity index (χ4n) is 2.92. The summed E-state index contributed by atoms with van der Waals surface area (Å²) in [4.78, 5) is 12.5. The van der Waals surface area contributed by atoms with Gasteiger partial charge in [0.2, 0.25) is 5.91 Å². The van der Waals surface area contributed by atoms with Gasteiger partial charge in [-0.2, -0.15) is 0 Å². The van der Waals surface area contributed by atoms with Crippen LogP contribution >= 0.6 is 0 Å². The van der Waals surface area contributed by atoms with Crippen molar-refractivity contribution in [1.29, 1.82) is 0 Å². The van der Waals surface area contributed by atoms with Crippen molar-refractivity contribution in [2.75, 3.05) is 13.1 Å². The molecule has 0 aliphatic heterocycles. The molecule has 3 heteroatoms. The number of aryl methyl sites for hydroxylation is 1. The number of rotatable bonds is 4. The summed E-state index contributed by atoms with van der Waals surface area (Å²) in [5.41, 5.74) is 7.52. The summed E-state index contributed by atoms with van der Waals surface area (Å²) in [7, 11) is 0. The van der Waals surface area contributed by atoms with Gasteiger partial charge >= 0.3 is 0 Å². The average Bonchev–Trinajstić information content (AvgIpc) is 2.86. The molecular weight excluding hydrogens is 224 g/mol. The first-order valence-corrected chi connectivity index (χ1v) is 6.74. The van der Waals surface area contributed by atoms with E-state index < -0.39 is 0 Å². The van der Waals surface area contributed by atoms with Crippen LogP contribution in [0, 0.1) is 6.92 Å². The molecule has 0 saturated heterocycles. The second-order valence-corrected chi connectivity index (χ2v) is 5.20. The summed E-state index contributed by atoms with van der Waals surface area (Å²) in [5, 5.41) is 2.97. The van der Waals surface area contributed by atoms with Gasteiger partial charge < -0.3 is 11.1 Å². The van der Waals surface area contributed by atoms with Crippen molar-refractivity contribution in [2.45, 2.75) is 38.0 Å². The van der Waals surface area contributed by atoms with E-state index >= 15 is 0 Å². The highest BCUT2D eigenvalue weighted by Crippen LogP contribution is 2.41. The molecule has 0 bridgehead atoms. The highest BCUT2D eigenvalue weighted by Gasteiger charge is 2.42. The second kappa shape index (κ2) is 5.53. The molecule has 98 valence electrons. The number of carbonyl (C=O) groups excluding carboxylic acids is 1. The third-order valence-corrected chi connectivity index (χ3v) is 3.89. The SMILES string of the molecule is Cc1cccc(C2(C(=O)NCCN)CCCC2)c1. The molecule has 1 saturated carbocycles. The van der Waals surface area contributed by atoms with Gasteiger partial charge in [-0.05, 0) is 25.3 Å². The highest BCUT2D eigenvalue weighted by molar-refractivity contribution is 5.88. The Labute approximate surface area is 109 Å². The van der Waals surface area contributed by atoms with E-state index in [4.69, 9.17) is 5.73 Å². The van der Waals surface area contributed by atoms with Gasteiger partial charge in [0, 0.05) is 13.1 Å². The number of benzene rings is 1. The molecule has 1 aromatic carbocycles. The van der Waals surface area contributed by atoms with Crippen LogP contribution in [0.5, 0.6) is 0 Å². The summed E-state index contributed by atoms with van der Waals surface area (Å²) >= 11 is 0. The molecule has 1 amide bonds. The van der Waals surface area contributed by atoms with Crippen molar-refractivity contribution in [3.63, 3.8) is 0 Å². The zero-order chi connectivity index (χ0) is 13.0. The molecule has 0 unspecified atom stereocenters. The lowest BCUT2D eigenvalue weighted by molar-refractivity contribution is -0.126. The maximum Gasteiger partial charge on any atom is 0.230 e. The molecule has 0 radical (unpaired) electrons. The van der Waals surface area contributed by atoms with Gasteiger partial charge in [-0.15, -0.1) is 0 Å². The minimum absolute atomic E-state index is 0.149. The highest BCUT2D eigenvalue weighted by atomic mass is 16.2. The van der Waals surface area contributed by atoms with Crippen LogP contribution in [-0.4, -0.2) is 19.0 Å². The van der Waals surface area contributed by atoms with Crippen LogP contribution in [0.2, 0.25) is 0 Å². The summed E-state index contributed by atoms with van der Waals surface area (Å²) in [6, 6.07) is 8.35. The lowest BCUT2D eigenvalue weighted by Crippen LogP contribution is -2.44. The van der Waals surface area contributed by atoms with Crippen molar-refractivity contribution in [2.24, 2.45) is 5.73 Å². The molecule has 1 aliphatic carbocycles. The van der Waals surface area contributed by atoms with Crippen LogP contribution in [0.4, 0.5) is 0 Å². The first-order chi connectivity index (χ1) is 8.69. The van der Waals surface area contributed by atoms with Gasteiger partial charge in [-0.25, -0.2) is 0 Å². The number of hydrogen-bond acceptors (Lipinski definition) is 2. The molecule has 0 atom stereocenters. The van der Waals surface area contributed by atoms with Crippen LogP contribution < -0.4 is 11.1 Å². The maximum atomic E-state index is 12.5. The molecule has 3 N–H and O–H groups in total. The summed E-state index contributed by atoms with van der Waals surface area (Å²) < 4.78 is 0. The summed E-state index contributed by atoms with van der Waals surface area (Å²) in [5.74, 6) is 0.149. The standard InChI is InChI=1S/C15H22N2O/c1-12-5-4-6-13(11-12)15(7-2-3-8-15)14(18)17-10-9-16/h4-6,11H,2-3,7-10,16H2,1H3,(H,17,18). The molecule has 3 nitrogen and oxygen atoms in total. The van der Waals surface area contributed by atoms with Crippen LogP contribution in [0.1, 0.15) is 36.8 Å². The van der Waals surface area contributed by atoms with E-state index in [1.54, 1.807) is 0 Å². The average molecular weight is 246 g/mol. The van der Waals surface area contributed by atoms with E-state index in [-0.39, 0.29) is 11.3 Å². The van der Waals surface area contributed by atoms with E-state index in [0.717, 1.165) is 31.2 Å². The Kier molecular flexibility index (Phi) is 4.02. The molecular formula is C15H22N2O. The first-order valence-electron chi connectivity index (χ1n) is 6.74. The van der Waals surface area contributed by atoms with Gasteiger partial charge in [0.25, 0.3) is 0 Å². The normalized spacial score (nSPS) is 17.7. The Hall–Kier alpha value is -1.35. The number of nitrogens with two attached hydrogens (primary N) is 1. The van der Waals surface area contributed by atoms with E-state index in [2.05, 4.69) is 30.4 Å². The molecule has 18 heavy (non-hydrogen) atoms. The third kappa shape index (κ3) is 2.41. The van der Waals surface area contributed by atoms with Gasteiger partial charge in [-0.3, -0.25) is 4.79 Å². The Morgan fingerprint density at radius 1 is 1.39 bits per heavy atom. The van der Waals surface area contributed by atoms with Crippen LogP contribution in [0.15, 0.2) is 24.3 Å². The zero-order valence-corrected chi connectivity index (χ0v) is 11.0. The number of amides is 1. The van der Waals surface area contributed by atoms with Crippen molar-refractivity contribution < 1.29 is 4.79 Å². The Morgan fingerprint density at radius 3 is 2.72 bits per heavy atom. The minimum atomic E-state index is -0.318. The predicted molar refractivity (Wildman–Crippen MR) is 73.4 cm³/mol. The molecule has 2 rings (SSSR count). The quantitative estimate of drug-likeness (QED) is 0.852. The largest absolute Gasteiger partial charge is 0.354 e. The van der Waals surface area contributed by atoms with Gasteiger partial charge in [0.15, 0.2) is 0 Å². The van der Waals surface area contributed by atoms with Gasteiger partial charge in [0.05, 0.1) is 5.41 Å². The monoisotopic (exact) mass is 246 g/mol. The van der Waals surface area contributed by atoms with Gasteiger partial charge in [0.1, 0.15) is 0 Å². The number of carbonyl (C=O) groups is 1. The molecule has 0 aromatic heterocycles. The van der Waals surface area contributed by atoms with Crippen molar-refractivity contribution in [3.8, 4) is 0 Å². The van der Waals surface area contributed by atoms with E-state index in [9.17, 15) is 4.79 Å². The predicted octanol–water partition coefficient (Wildman–Crippen LogP) is 1.88. The fourth-order valence-corrected chi connectivity index (χ4v) is 2.92. The van der Waals surface area contributed by atoms with Crippen molar-refractivity contribution in [3.05, 3.63) is 35.4 Å². The van der Waals surface area contributed by atoms with E-state index in [1.165, 1.54) is 5.56 Å². The molecule has 1 aromatic rings. The topological polar surface area (TPSA) is 55.1 Å². The van der Waals surface area contributed by atoms with Crippen LogP contribution in [0.3, 0.4) is 0 Å². The molecule has 1 fully saturated rings. The van der Waals surface area contributed by atoms with Crippen LogP contribution in [-0.2, 0) is 10.2 Å². The Balaban J connectivity index is 2.29. The lowest BCUT2D eigenvalue weighted by atomic mass is 9.77. The number of nitrogens with one attached hydrogen (secondary N) is 1. The fraction of sp³-hybridized carbons (Fsp3) is 0.533. The van der Waals surface area contributed by atoms with Crippen molar-refractivity contribution in [1.82, 2.24) is 5.32 Å². The van der Waals surface area contributed by atoms with Gasteiger partial charge in [-0.1, -0.05) is 42.7 Å². The minimum Gasteiger partial charge on any atom is -0.354 e. The third-order valence-electron chi connectivity index (χ3n) is 3.89. The summed E-state index contributed by atoms with van der Waals surface area (Å²) in [6.07, 6.45) is 4.16. The molecule has 0 heterocycles. The Bertz CT molecular complexity index is 422.